The maximum atomic E-state index is 12.7. The highest BCUT2D eigenvalue weighted by Crippen LogP contribution is 2.50. The largest absolute Gasteiger partial charge is 0.497 e. The molecule has 1 unspecified atom stereocenters. The molecule has 0 bridgehead atoms. The standard InChI is InChI=1S/C20H23NO4/c1-20-10-4-6-15(8-9-18(23)24)19(20)21(17(22)12-20)13-14-5-3-7-16(11-14)25-2/h3,5,7-9,11H,4,6,10,12-13H2,1-2H3,(H,23,24)/b9-8+. The van der Waals surface area contributed by atoms with Crippen LogP contribution in [0.2, 0.25) is 0 Å². The third kappa shape index (κ3) is 3.45. The lowest BCUT2D eigenvalue weighted by Gasteiger charge is -2.34. The SMILES string of the molecule is COc1cccc(CN2C(=O)CC3(C)CCCC(/C=C/C(=O)O)=C23)c1. The summed E-state index contributed by atoms with van der Waals surface area (Å²) in [4.78, 5) is 25.5. The van der Waals surface area contributed by atoms with Crippen LogP contribution in [0.5, 0.6) is 5.75 Å². The molecule has 25 heavy (non-hydrogen) atoms. The first-order valence-corrected chi connectivity index (χ1v) is 8.51. The molecule has 1 saturated heterocycles. The molecule has 2 aliphatic rings. The number of likely N-dealkylation sites (tertiary alicyclic amines) is 1. The lowest BCUT2D eigenvalue weighted by molar-refractivity contribution is -0.131. The minimum absolute atomic E-state index is 0.100. The monoisotopic (exact) mass is 341 g/mol. The predicted octanol–water partition coefficient (Wildman–Crippen LogP) is 3.51. The van der Waals surface area contributed by atoms with Crippen molar-refractivity contribution in [3.05, 3.63) is 53.3 Å². The number of benzene rings is 1. The topological polar surface area (TPSA) is 66.8 Å². The lowest BCUT2D eigenvalue weighted by Crippen LogP contribution is -2.28. The first-order valence-electron chi connectivity index (χ1n) is 8.51. The van der Waals surface area contributed by atoms with Crippen LogP contribution in [0.15, 0.2) is 47.7 Å². The summed E-state index contributed by atoms with van der Waals surface area (Å²) in [5, 5.41) is 8.96. The molecule has 5 heteroatoms. The van der Waals surface area contributed by atoms with Gasteiger partial charge in [-0.25, -0.2) is 4.79 Å². The molecule has 0 aromatic heterocycles. The maximum absolute atomic E-state index is 12.7. The molecule has 5 nitrogen and oxygen atoms in total. The van der Waals surface area contributed by atoms with E-state index in [1.807, 2.05) is 29.2 Å². The van der Waals surface area contributed by atoms with Gasteiger partial charge in [0.05, 0.1) is 13.7 Å². The van der Waals surface area contributed by atoms with Crippen LogP contribution in [-0.2, 0) is 16.1 Å². The Morgan fingerprint density at radius 2 is 2.24 bits per heavy atom. The van der Waals surface area contributed by atoms with Gasteiger partial charge in [0.2, 0.25) is 5.91 Å². The lowest BCUT2D eigenvalue weighted by atomic mass is 9.74. The zero-order chi connectivity index (χ0) is 18.0. The Morgan fingerprint density at radius 3 is 2.96 bits per heavy atom. The fourth-order valence-corrected chi connectivity index (χ4v) is 3.97. The van der Waals surface area contributed by atoms with Gasteiger partial charge in [0.25, 0.3) is 0 Å². The van der Waals surface area contributed by atoms with Gasteiger partial charge in [-0.3, -0.25) is 4.79 Å². The predicted molar refractivity (Wildman–Crippen MR) is 93.9 cm³/mol. The smallest absolute Gasteiger partial charge is 0.328 e. The second-order valence-electron chi connectivity index (χ2n) is 6.97. The van der Waals surface area contributed by atoms with Crippen LogP contribution in [0.25, 0.3) is 0 Å². The third-order valence-electron chi connectivity index (χ3n) is 5.06. The molecule has 1 aliphatic carbocycles. The molecule has 1 heterocycles. The van der Waals surface area contributed by atoms with Gasteiger partial charge in [0, 0.05) is 23.6 Å². The van der Waals surface area contributed by atoms with Crippen molar-refractivity contribution in [1.29, 1.82) is 0 Å². The second kappa shape index (κ2) is 6.75. The number of aliphatic carboxylic acids is 1. The minimum Gasteiger partial charge on any atom is -0.497 e. The van der Waals surface area contributed by atoms with Crippen molar-refractivity contribution in [2.45, 2.75) is 39.2 Å². The number of nitrogens with zero attached hydrogens (tertiary/aromatic N) is 1. The minimum atomic E-state index is -0.968. The molecule has 0 spiro atoms. The van der Waals surface area contributed by atoms with E-state index in [0.717, 1.165) is 41.8 Å². The van der Waals surface area contributed by atoms with Crippen LogP contribution < -0.4 is 4.74 Å². The first-order chi connectivity index (χ1) is 11.9. The Bertz CT molecular complexity index is 765. The molecule has 1 aliphatic heterocycles. The summed E-state index contributed by atoms with van der Waals surface area (Å²) >= 11 is 0. The van der Waals surface area contributed by atoms with Crippen molar-refractivity contribution in [3.63, 3.8) is 0 Å². The van der Waals surface area contributed by atoms with Crippen molar-refractivity contribution in [2.75, 3.05) is 7.11 Å². The molecule has 1 N–H and O–H groups in total. The van der Waals surface area contributed by atoms with E-state index in [1.54, 1.807) is 13.2 Å². The summed E-state index contributed by atoms with van der Waals surface area (Å²) in [6, 6.07) is 7.69. The highest BCUT2D eigenvalue weighted by atomic mass is 16.5. The molecule has 0 radical (unpaired) electrons. The van der Waals surface area contributed by atoms with Gasteiger partial charge in [-0.05, 0) is 42.5 Å². The fourth-order valence-electron chi connectivity index (χ4n) is 3.97. The van der Waals surface area contributed by atoms with E-state index < -0.39 is 5.97 Å². The number of amides is 1. The number of hydrogen-bond acceptors (Lipinski definition) is 3. The summed E-state index contributed by atoms with van der Waals surface area (Å²) in [7, 11) is 1.62. The Labute approximate surface area is 147 Å². The van der Waals surface area contributed by atoms with Gasteiger partial charge in [-0.2, -0.15) is 0 Å². The summed E-state index contributed by atoms with van der Waals surface area (Å²) in [5.41, 5.74) is 2.75. The molecule has 1 atom stereocenters. The maximum Gasteiger partial charge on any atom is 0.328 e. The average molecular weight is 341 g/mol. The summed E-state index contributed by atoms with van der Waals surface area (Å²) in [6.07, 6.45) is 6.03. The van der Waals surface area contributed by atoms with Crippen LogP contribution in [0.4, 0.5) is 0 Å². The molecule has 1 aromatic rings. The van der Waals surface area contributed by atoms with Crippen LogP contribution in [0, 0.1) is 5.41 Å². The molecule has 132 valence electrons. The van der Waals surface area contributed by atoms with E-state index in [9.17, 15) is 9.59 Å². The number of allylic oxidation sites excluding steroid dienone is 3. The number of carboxylic acids is 1. The molecule has 1 fully saturated rings. The summed E-state index contributed by atoms with van der Waals surface area (Å²) in [6.45, 7) is 2.59. The van der Waals surface area contributed by atoms with Crippen molar-refractivity contribution in [3.8, 4) is 5.75 Å². The van der Waals surface area contributed by atoms with Crippen LogP contribution in [-0.4, -0.2) is 29.0 Å². The van der Waals surface area contributed by atoms with Gasteiger partial charge >= 0.3 is 5.97 Å². The van der Waals surface area contributed by atoms with Crippen molar-refractivity contribution in [1.82, 2.24) is 4.90 Å². The van der Waals surface area contributed by atoms with Gasteiger partial charge in [-0.1, -0.05) is 25.1 Å². The third-order valence-corrected chi connectivity index (χ3v) is 5.06. The van der Waals surface area contributed by atoms with E-state index >= 15 is 0 Å². The average Bonchev–Trinajstić information content (AvgIpc) is 2.83. The Kier molecular flexibility index (Phi) is 4.66. The number of rotatable bonds is 5. The van der Waals surface area contributed by atoms with Crippen LogP contribution in [0.3, 0.4) is 0 Å². The second-order valence-corrected chi connectivity index (χ2v) is 6.97. The molecule has 1 aromatic carbocycles. The summed E-state index contributed by atoms with van der Waals surface area (Å²) in [5.74, 6) is -0.108. The number of carbonyl (C=O) groups excluding carboxylic acids is 1. The molecular formula is C20H23NO4. The highest BCUT2D eigenvalue weighted by molar-refractivity contribution is 5.84. The highest BCUT2D eigenvalue weighted by Gasteiger charge is 2.46. The van der Waals surface area contributed by atoms with Gasteiger partial charge < -0.3 is 14.7 Å². The number of carboxylic acid groups (broad SMARTS) is 1. The molecule has 0 saturated carbocycles. The normalized spacial score (nSPS) is 23.3. The quantitative estimate of drug-likeness (QED) is 0.832. The zero-order valence-electron chi connectivity index (χ0n) is 14.6. The van der Waals surface area contributed by atoms with E-state index in [4.69, 9.17) is 9.84 Å². The zero-order valence-corrected chi connectivity index (χ0v) is 14.6. The number of hydrogen-bond donors (Lipinski definition) is 1. The van der Waals surface area contributed by atoms with Crippen molar-refractivity contribution < 1.29 is 19.4 Å². The van der Waals surface area contributed by atoms with Crippen molar-refractivity contribution in [2.24, 2.45) is 5.41 Å². The Hall–Kier alpha value is -2.56. The van der Waals surface area contributed by atoms with Gasteiger partial charge in [0.15, 0.2) is 0 Å². The summed E-state index contributed by atoms with van der Waals surface area (Å²) < 4.78 is 5.27. The number of methoxy groups -OCH3 is 1. The van der Waals surface area contributed by atoms with Crippen LogP contribution in [0.1, 0.15) is 38.2 Å². The molecule has 3 rings (SSSR count). The van der Waals surface area contributed by atoms with Gasteiger partial charge in [0.1, 0.15) is 5.75 Å². The Balaban J connectivity index is 1.98. The fraction of sp³-hybridized carbons (Fsp3) is 0.400. The van der Waals surface area contributed by atoms with Crippen LogP contribution >= 0.6 is 0 Å². The van der Waals surface area contributed by atoms with Crippen molar-refractivity contribution >= 4 is 11.9 Å². The van der Waals surface area contributed by atoms with Gasteiger partial charge in [-0.15, -0.1) is 0 Å². The molecular weight excluding hydrogens is 318 g/mol. The van der Waals surface area contributed by atoms with E-state index in [2.05, 4.69) is 6.92 Å². The van der Waals surface area contributed by atoms with E-state index in [-0.39, 0.29) is 11.3 Å². The van der Waals surface area contributed by atoms with E-state index in [0.29, 0.717) is 13.0 Å². The first kappa shape index (κ1) is 17.3. The molecule has 1 amide bonds. The number of carbonyl (C=O) groups is 2. The number of ether oxygens (including phenoxy) is 1. The van der Waals surface area contributed by atoms with E-state index in [1.165, 1.54) is 6.08 Å². The number of fused-ring (bicyclic) bond motifs is 1. The Morgan fingerprint density at radius 1 is 1.44 bits per heavy atom.